The number of nitrogens with zero attached hydrogens (tertiary/aromatic N) is 1. The SMILES string of the molecule is CC(CC(=O)N(C)CCC(=O)O)c1ccc(F)cc1. The van der Waals surface area contributed by atoms with Crippen molar-refractivity contribution in [1.29, 1.82) is 0 Å². The summed E-state index contributed by atoms with van der Waals surface area (Å²) in [5.41, 5.74) is 0.890. The van der Waals surface area contributed by atoms with Crippen LogP contribution in [0.15, 0.2) is 24.3 Å². The molecular weight excluding hydrogens is 249 g/mol. The summed E-state index contributed by atoms with van der Waals surface area (Å²) in [7, 11) is 1.59. The average molecular weight is 267 g/mol. The van der Waals surface area contributed by atoms with E-state index in [9.17, 15) is 14.0 Å². The van der Waals surface area contributed by atoms with Crippen LogP contribution in [0.25, 0.3) is 0 Å². The first-order valence-corrected chi connectivity index (χ1v) is 6.11. The molecule has 1 amide bonds. The molecule has 0 radical (unpaired) electrons. The molecule has 0 aliphatic carbocycles. The van der Waals surface area contributed by atoms with Gasteiger partial charge in [-0.1, -0.05) is 19.1 Å². The number of carboxylic acid groups (broad SMARTS) is 1. The molecule has 0 fully saturated rings. The van der Waals surface area contributed by atoms with Gasteiger partial charge in [-0.15, -0.1) is 0 Å². The Morgan fingerprint density at radius 2 is 1.89 bits per heavy atom. The van der Waals surface area contributed by atoms with Crippen LogP contribution in [0, 0.1) is 5.82 Å². The highest BCUT2D eigenvalue weighted by Crippen LogP contribution is 2.20. The van der Waals surface area contributed by atoms with Gasteiger partial charge in [0, 0.05) is 20.0 Å². The van der Waals surface area contributed by atoms with Crippen LogP contribution >= 0.6 is 0 Å². The molecule has 0 saturated carbocycles. The summed E-state index contributed by atoms with van der Waals surface area (Å²) in [6, 6.07) is 6.05. The van der Waals surface area contributed by atoms with Crippen molar-refractivity contribution in [3.63, 3.8) is 0 Å². The van der Waals surface area contributed by atoms with Gasteiger partial charge in [0.1, 0.15) is 5.82 Å². The van der Waals surface area contributed by atoms with Crippen LogP contribution in [-0.2, 0) is 9.59 Å². The molecule has 4 nitrogen and oxygen atoms in total. The van der Waals surface area contributed by atoms with E-state index in [4.69, 9.17) is 5.11 Å². The van der Waals surface area contributed by atoms with Crippen LogP contribution in [0.3, 0.4) is 0 Å². The lowest BCUT2D eigenvalue weighted by Gasteiger charge is -2.19. The smallest absolute Gasteiger partial charge is 0.305 e. The van der Waals surface area contributed by atoms with Gasteiger partial charge in [-0.25, -0.2) is 4.39 Å². The average Bonchev–Trinajstić information content (AvgIpc) is 2.36. The zero-order valence-corrected chi connectivity index (χ0v) is 11.1. The monoisotopic (exact) mass is 267 g/mol. The second-order valence-corrected chi connectivity index (χ2v) is 4.62. The summed E-state index contributed by atoms with van der Waals surface area (Å²) < 4.78 is 12.8. The maximum atomic E-state index is 12.8. The summed E-state index contributed by atoms with van der Waals surface area (Å²) >= 11 is 0. The van der Waals surface area contributed by atoms with Crippen molar-refractivity contribution < 1.29 is 19.1 Å². The largest absolute Gasteiger partial charge is 0.481 e. The molecule has 104 valence electrons. The lowest BCUT2D eigenvalue weighted by atomic mass is 9.97. The minimum absolute atomic E-state index is 0.0274. The molecule has 1 N–H and O–H groups in total. The second kappa shape index (κ2) is 6.87. The zero-order valence-electron chi connectivity index (χ0n) is 11.1. The molecule has 1 aromatic carbocycles. The van der Waals surface area contributed by atoms with Crippen molar-refractivity contribution in [1.82, 2.24) is 4.90 Å². The summed E-state index contributed by atoms with van der Waals surface area (Å²) in [4.78, 5) is 23.7. The van der Waals surface area contributed by atoms with E-state index < -0.39 is 5.97 Å². The number of benzene rings is 1. The van der Waals surface area contributed by atoms with Gasteiger partial charge in [0.15, 0.2) is 0 Å². The first-order valence-electron chi connectivity index (χ1n) is 6.11. The van der Waals surface area contributed by atoms with Crippen LogP contribution in [0.4, 0.5) is 4.39 Å². The second-order valence-electron chi connectivity index (χ2n) is 4.62. The number of amides is 1. The highest BCUT2D eigenvalue weighted by molar-refractivity contribution is 5.77. The van der Waals surface area contributed by atoms with Crippen molar-refractivity contribution in [3.05, 3.63) is 35.6 Å². The Labute approximate surface area is 111 Å². The number of carbonyl (C=O) groups is 2. The number of hydrogen-bond donors (Lipinski definition) is 1. The maximum absolute atomic E-state index is 12.8. The lowest BCUT2D eigenvalue weighted by molar-refractivity contribution is -0.138. The van der Waals surface area contributed by atoms with Gasteiger partial charge in [-0.05, 0) is 23.6 Å². The molecule has 0 bridgehead atoms. The van der Waals surface area contributed by atoms with E-state index in [0.717, 1.165) is 5.56 Å². The fraction of sp³-hybridized carbons (Fsp3) is 0.429. The first-order chi connectivity index (χ1) is 8.90. The van der Waals surface area contributed by atoms with Crippen molar-refractivity contribution >= 4 is 11.9 Å². The van der Waals surface area contributed by atoms with Gasteiger partial charge in [0.05, 0.1) is 6.42 Å². The Morgan fingerprint density at radius 1 is 1.32 bits per heavy atom. The standard InChI is InChI=1S/C14H18FNO3/c1-10(11-3-5-12(15)6-4-11)9-13(17)16(2)8-7-14(18)19/h3-6,10H,7-9H2,1-2H3,(H,18,19). The molecule has 0 aliphatic heterocycles. The van der Waals surface area contributed by atoms with Crippen LogP contribution in [-0.4, -0.2) is 35.5 Å². The van der Waals surface area contributed by atoms with Crippen molar-refractivity contribution in [2.75, 3.05) is 13.6 Å². The van der Waals surface area contributed by atoms with Gasteiger partial charge < -0.3 is 10.0 Å². The van der Waals surface area contributed by atoms with E-state index in [0.29, 0.717) is 0 Å². The topological polar surface area (TPSA) is 57.6 Å². The van der Waals surface area contributed by atoms with Crippen LogP contribution in [0.1, 0.15) is 31.2 Å². The number of carbonyl (C=O) groups excluding carboxylic acids is 1. The number of aliphatic carboxylic acids is 1. The molecule has 0 saturated heterocycles. The van der Waals surface area contributed by atoms with Gasteiger partial charge in [-0.2, -0.15) is 0 Å². The molecule has 0 heterocycles. The Bertz CT molecular complexity index is 445. The van der Waals surface area contributed by atoms with Crippen LogP contribution < -0.4 is 0 Å². The van der Waals surface area contributed by atoms with Gasteiger partial charge in [0.2, 0.25) is 5.91 Å². The highest BCUT2D eigenvalue weighted by Gasteiger charge is 2.15. The molecular formula is C14H18FNO3. The summed E-state index contributed by atoms with van der Waals surface area (Å²) in [6.07, 6.45) is 0.217. The minimum atomic E-state index is -0.925. The van der Waals surface area contributed by atoms with E-state index in [1.54, 1.807) is 19.2 Å². The molecule has 5 heteroatoms. The zero-order chi connectivity index (χ0) is 14.4. The number of carboxylic acids is 1. The van der Waals surface area contributed by atoms with E-state index in [1.165, 1.54) is 17.0 Å². The lowest BCUT2D eigenvalue weighted by Crippen LogP contribution is -2.29. The molecule has 1 aromatic rings. The number of rotatable bonds is 6. The summed E-state index contributed by atoms with van der Waals surface area (Å²) in [6.45, 7) is 2.08. The van der Waals surface area contributed by atoms with Crippen molar-refractivity contribution in [2.45, 2.75) is 25.7 Å². The van der Waals surface area contributed by atoms with Gasteiger partial charge in [-0.3, -0.25) is 9.59 Å². The number of halogens is 1. The maximum Gasteiger partial charge on any atom is 0.305 e. The van der Waals surface area contributed by atoms with Crippen LogP contribution in [0.2, 0.25) is 0 Å². The molecule has 0 aromatic heterocycles. The van der Waals surface area contributed by atoms with Gasteiger partial charge >= 0.3 is 5.97 Å². The molecule has 1 atom stereocenters. The predicted molar refractivity (Wildman–Crippen MR) is 69.3 cm³/mol. The fourth-order valence-electron chi connectivity index (χ4n) is 1.71. The van der Waals surface area contributed by atoms with Crippen molar-refractivity contribution in [2.24, 2.45) is 0 Å². The predicted octanol–water partition coefficient (Wildman–Crippen LogP) is 2.25. The normalized spacial score (nSPS) is 11.9. The highest BCUT2D eigenvalue weighted by atomic mass is 19.1. The third-order valence-corrected chi connectivity index (χ3v) is 3.01. The molecule has 1 rings (SSSR count). The Kier molecular flexibility index (Phi) is 5.48. The van der Waals surface area contributed by atoms with E-state index >= 15 is 0 Å². The molecule has 1 unspecified atom stereocenters. The quantitative estimate of drug-likeness (QED) is 0.860. The van der Waals surface area contributed by atoms with E-state index in [1.807, 2.05) is 6.92 Å². The molecule has 0 aliphatic rings. The van der Waals surface area contributed by atoms with Crippen molar-refractivity contribution in [3.8, 4) is 0 Å². The summed E-state index contributed by atoms with van der Waals surface area (Å²) in [5, 5.41) is 8.56. The van der Waals surface area contributed by atoms with E-state index in [-0.39, 0.29) is 37.0 Å². The Morgan fingerprint density at radius 3 is 2.42 bits per heavy atom. The number of hydrogen-bond acceptors (Lipinski definition) is 2. The van der Waals surface area contributed by atoms with E-state index in [2.05, 4.69) is 0 Å². The van der Waals surface area contributed by atoms with Crippen LogP contribution in [0.5, 0.6) is 0 Å². The van der Waals surface area contributed by atoms with Gasteiger partial charge in [0.25, 0.3) is 0 Å². The molecule has 19 heavy (non-hydrogen) atoms. The first kappa shape index (κ1) is 15.1. The fourth-order valence-corrected chi connectivity index (χ4v) is 1.71. The minimum Gasteiger partial charge on any atom is -0.481 e. The molecule has 0 spiro atoms. The Balaban J connectivity index is 2.51. The third-order valence-electron chi connectivity index (χ3n) is 3.01. The Hall–Kier alpha value is -1.91. The summed E-state index contributed by atoms with van der Waals surface area (Å²) in [5.74, 6) is -1.37. The third kappa shape index (κ3) is 5.07.